The third-order valence-electron chi connectivity index (χ3n) is 3.54. The van der Waals surface area contributed by atoms with E-state index < -0.39 is 0 Å². The molecule has 0 spiro atoms. The number of hydrogen-bond donors (Lipinski definition) is 1. The highest BCUT2D eigenvalue weighted by Gasteiger charge is 2.10. The molecule has 2 aromatic carbocycles. The molecule has 6 heteroatoms. The van der Waals surface area contributed by atoms with Gasteiger partial charge in [-0.15, -0.1) is 10.2 Å². The van der Waals surface area contributed by atoms with Crippen LogP contribution in [0.4, 0.5) is 4.39 Å². The lowest BCUT2D eigenvalue weighted by Crippen LogP contribution is -2.25. The van der Waals surface area contributed by atoms with Crippen molar-refractivity contribution in [2.45, 2.75) is 13.3 Å². The van der Waals surface area contributed by atoms with Gasteiger partial charge in [-0.25, -0.2) is 4.39 Å². The van der Waals surface area contributed by atoms with E-state index in [0.717, 1.165) is 0 Å². The van der Waals surface area contributed by atoms with Crippen LogP contribution in [-0.4, -0.2) is 22.6 Å². The summed E-state index contributed by atoms with van der Waals surface area (Å²) in [5.74, 6) is 0.336. The van der Waals surface area contributed by atoms with E-state index in [4.69, 9.17) is 4.42 Å². The second-order valence-corrected chi connectivity index (χ2v) is 5.30. The number of carbonyl (C=O) groups is 1. The number of aryl methyl sites for hydroxylation is 1. The van der Waals surface area contributed by atoms with Crippen LogP contribution in [0.25, 0.3) is 11.5 Å². The first-order chi connectivity index (χ1) is 11.6. The lowest BCUT2D eigenvalue weighted by Gasteiger charge is -2.07. The lowest BCUT2D eigenvalue weighted by atomic mass is 10.1. The lowest BCUT2D eigenvalue weighted by molar-refractivity contribution is 0.0954. The minimum atomic E-state index is -0.263. The number of carbonyl (C=O) groups excluding carboxylic acids is 1. The van der Waals surface area contributed by atoms with E-state index in [1.807, 2.05) is 0 Å². The predicted molar refractivity (Wildman–Crippen MR) is 86.9 cm³/mol. The molecule has 0 unspecified atom stereocenters. The van der Waals surface area contributed by atoms with Gasteiger partial charge in [-0.2, -0.15) is 0 Å². The van der Waals surface area contributed by atoms with E-state index >= 15 is 0 Å². The van der Waals surface area contributed by atoms with E-state index in [9.17, 15) is 9.18 Å². The molecule has 0 bridgehead atoms. The quantitative estimate of drug-likeness (QED) is 0.782. The minimum Gasteiger partial charge on any atom is -0.421 e. The molecule has 0 aliphatic carbocycles. The third kappa shape index (κ3) is 3.65. The molecule has 1 N–H and O–H groups in total. The van der Waals surface area contributed by atoms with Crippen molar-refractivity contribution in [3.05, 3.63) is 71.4 Å². The Morgan fingerprint density at radius 2 is 2.00 bits per heavy atom. The van der Waals surface area contributed by atoms with Gasteiger partial charge in [-0.3, -0.25) is 4.79 Å². The molecule has 1 amide bonds. The van der Waals surface area contributed by atoms with Crippen molar-refractivity contribution in [2.24, 2.45) is 0 Å². The van der Waals surface area contributed by atoms with Crippen LogP contribution in [0.1, 0.15) is 21.8 Å². The van der Waals surface area contributed by atoms with Crippen LogP contribution < -0.4 is 5.32 Å². The Labute approximate surface area is 138 Å². The zero-order chi connectivity index (χ0) is 16.9. The molecule has 1 aromatic heterocycles. The molecule has 3 aromatic rings. The van der Waals surface area contributed by atoms with Crippen LogP contribution in [0, 0.1) is 12.7 Å². The maximum absolute atomic E-state index is 13.5. The predicted octanol–water partition coefficient (Wildman–Crippen LogP) is 3.16. The van der Waals surface area contributed by atoms with Crippen molar-refractivity contribution in [1.82, 2.24) is 15.5 Å². The number of nitrogens with one attached hydrogen (secondary N) is 1. The fourth-order valence-electron chi connectivity index (χ4n) is 2.32. The van der Waals surface area contributed by atoms with Crippen molar-refractivity contribution in [3.8, 4) is 11.5 Å². The Kier molecular flexibility index (Phi) is 4.65. The summed E-state index contributed by atoms with van der Waals surface area (Å²) in [5.41, 5.74) is 1.74. The van der Waals surface area contributed by atoms with Crippen LogP contribution in [0.3, 0.4) is 0 Å². The topological polar surface area (TPSA) is 68.0 Å². The number of aromatic nitrogens is 2. The highest BCUT2D eigenvalue weighted by Crippen LogP contribution is 2.18. The van der Waals surface area contributed by atoms with Crippen molar-refractivity contribution in [1.29, 1.82) is 0 Å². The minimum absolute atomic E-state index is 0.232. The van der Waals surface area contributed by atoms with Gasteiger partial charge in [0, 0.05) is 24.6 Å². The van der Waals surface area contributed by atoms with Gasteiger partial charge in [0.1, 0.15) is 5.82 Å². The van der Waals surface area contributed by atoms with E-state index in [2.05, 4.69) is 15.5 Å². The number of rotatable bonds is 5. The number of halogens is 1. The van der Waals surface area contributed by atoms with Crippen molar-refractivity contribution in [3.63, 3.8) is 0 Å². The molecule has 0 fully saturated rings. The summed E-state index contributed by atoms with van der Waals surface area (Å²) in [5, 5.41) is 10.5. The molecule has 1 heterocycles. The van der Waals surface area contributed by atoms with Crippen LogP contribution in [0.2, 0.25) is 0 Å². The molecule has 5 nitrogen and oxygen atoms in total. The van der Waals surface area contributed by atoms with E-state index in [1.165, 1.54) is 6.07 Å². The normalized spacial score (nSPS) is 10.6. The Morgan fingerprint density at radius 3 is 2.75 bits per heavy atom. The average molecular weight is 325 g/mol. The largest absolute Gasteiger partial charge is 0.421 e. The molecule has 3 rings (SSSR count). The van der Waals surface area contributed by atoms with Crippen LogP contribution >= 0.6 is 0 Å². The van der Waals surface area contributed by atoms with E-state index in [1.54, 1.807) is 49.4 Å². The molecule has 0 saturated heterocycles. The monoisotopic (exact) mass is 325 g/mol. The number of hydrogen-bond acceptors (Lipinski definition) is 4. The molecular weight excluding hydrogens is 309 g/mol. The van der Waals surface area contributed by atoms with Gasteiger partial charge in [0.05, 0.1) is 0 Å². The van der Waals surface area contributed by atoms with Gasteiger partial charge < -0.3 is 9.73 Å². The maximum Gasteiger partial charge on any atom is 0.251 e. The number of benzene rings is 2. The van der Waals surface area contributed by atoms with Gasteiger partial charge in [-0.1, -0.05) is 24.3 Å². The summed E-state index contributed by atoms with van der Waals surface area (Å²) in [4.78, 5) is 12.2. The van der Waals surface area contributed by atoms with Crippen molar-refractivity contribution >= 4 is 5.91 Å². The molecule has 122 valence electrons. The summed E-state index contributed by atoms with van der Waals surface area (Å²) in [6, 6.07) is 13.5. The second-order valence-electron chi connectivity index (χ2n) is 5.30. The van der Waals surface area contributed by atoms with Gasteiger partial charge in [0.2, 0.25) is 11.8 Å². The van der Waals surface area contributed by atoms with Gasteiger partial charge >= 0.3 is 0 Å². The Morgan fingerprint density at radius 1 is 1.17 bits per heavy atom. The summed E-state index contributed by atoms with van der Waals surface area (Å²) in [6.07, 6.45) is 0.432. The summed E-state index contributed by atoms with van der Waals surface area (Å²) < 4.78 is 18.9. The van der Waals surface area contributed by atoms with Crippen LogP contribution in [0.5, 0.6) is 0 Å². The van der Waals surface area contributed by atoms with Crippen LogP contribution in [0.15, 0.2) is 52.9 Å². The molecule has 0 radical (unpaired) electrons. The zero-order valence-corrected chi connectivity index (χ0v) is 13.1. The second kappa shape index (κ2) is 7.04. The Hall–Kier alpha value is -3.02. The first kappa shape index (κ1) is 15.9. The maximum atomic E-state index is 13.5. The van der Waals surface area contributed by atoms with Crippen molar-refractivity contribution < 1.29 is 13.6 Å². The summed E-state index contributed by atoms with van der Waals surface area (Å²) >= 11 is 0. The standard InChI is InChI=1S/C18H16FN3O2/c1-12-21-22-18(24-12)15-7-4-6-14(11-15)17(23)20-10-9-13-5-2-3-8-16(13)19/h2-8,11H,9-10H2,1H3,(H,20,23). The Bertz CT molecular complexity index is 861. The van der Waals surface area contributed by atoms with Gasteiger partial charge in [0.25, 0.3) is 5.91 Å². The van der Waals surface area contributed by atoms with Crippen molar-refractivity contribution in [2.75, 3.05) is 6.54 Å². The molecule has 0 aliphatic heterocycles. The summed E-state index contributed by atoms with van der Waals surface area (Å²) in [7, 11) is 0. The van der Waals surface area contributed by atoms with Crippen LogP contribution in [-0.2, 0) is 6.42 Å². The first-order valence-electron chi connectivity index (χ1n) is 7.55. The Balaban J connectivity index is 1.64. The first-order valence-corrected chi connectivity index (χ1v) is 7.55. The highest BCUT2D eigenvalue weighted by molar-refractivity contribution is 5.95. The van der Waals surface area contributed by atoms with E-state index in [0.29, 0.717) is 41.4 Å². The van der Waals surface area contributed by atoms with E-state index in [-0.39, 0.29) is 11.7 Å². The van der Waals surface area contributed by atoms with Gasteiger partial charge in [-0.05, 0) is 36.2 Å². The molecule has 0 saturated carbocycles. The highest BCUT2D eigenvalue weighted by atomic mass is 19.1. The zero-order valence-electron chi connectivity index (χ0n) is 13.1. The fraction of sp³-hybridized carbons (Fsp3) is 0.167. The fourth-order valence-corrected chi connectivity index (χ4v) is 2.32. The molecular formula is C18H16FN3O2. The van der Waals surface area contributed by atoms with Gasteiger partial charge in [0.15, 0.2) is 0 Å². The number of nitrogens with zero attached hydrogens (tertiary/aromatic N) is 2. The SMILES string of the molecule is Cc1nnc(-c2cccc(C(=O)NCCc3ccccc3F)c2)o1. The molecule has 0 atom stereocenters. The summed E-state index contributed by atoms with van der Waals surface area (Å²) in [6.45, 7) is 2.05. The molecule has 0 aliphatic rings. The average Bonchev–Trinajstić information content (AvgIpc) is 3.03. The molecule has 24 heavy (non-hydrogen) atoms. The smallest absolute Gasteiger partial charge is 0.251 e. The third-order valence-corrected chi connectivity index (χ3v) is 3.54. The number of amides is 1.